The van der Waals surface area contributed by atoms with Crippen molar-refractivity contribution < 1.29 is 24.6 Å². The summed E-state index contributed by atoms with van der Waals surface area (Å²) in [6.07, 6.45) is 1.66. The van der Waals surface area contributed by atoms with E-state index in [2.05, 4.69) is 5.32 Å². The van der Waals surface area contributed by atoms with Crippen LogP contribution >= 0.6 is 0 Å². The molecule has 1 aliphatic rings. The van der Waals surface area contributed by atoms with E-state index in [-0.39, 0.29) is 17.7 Å². The highest BCUT2D eigenvalue weighted by Crippen LogP contribution is 2.31. The van der Waals surface area contributed by atoms with Crippen molar-refractivity contribution in [2.24, 2.45) is 17.8 Å². The summed E-state index contributed by atoms with van der Waals surface area (Å²) in [5.74, 6) is -2.96. The van der Waals surface area contributed by atoms with Crippen LogP contribution in [0.2, 0.25) is 0 Å². The molecule has 0 heterocycles. The molecule has 3 unspecified atom stereocenters. The van der Waals surface area contributed by atoms with Crippen molar-refractivity contribution in [3.8, 4) is 0 Å². The lowest BCUT2D eigenvalue weighted by Crippen LogP contribution is -2.44. The first kappa shape index (κ1) is 15.5. The Labute approximate surface area is 112 Å². The predicted molar refractivity (Wildman–Crippen MR) is 67.5 cm³/mol. The van der Waals surface area contributed by atoms with Crippen LogP contribution in [0, 0.1) is 17.8 Å². The summed E-state index contributed by atoms with van der Waals surface area (Å²) in [6.45, 7) is 3.77. The monoisotopic (exact) mass is 271 g/mol. The maximum absolute atomic E-state index is 11.9. The first-order valence-corrected chi connectivity index (χ1v) is 6.57. The van der Waals surface area contributed by atoms with Crippen LogP contribution in [-0.2, 0) is 14.4 Å². The predicted octanol–water partition coefficient (Wildman–Crippen LogP) is 1.10. The van der Waals surface area contributed by atoms with E-state index in [9.17, 15) is 14.4 Å². The maximum atomic E-state index is 11.9. The van der Waals surface area contributed by atoms with Gasteiger partial charge in [0.1, 0.15) is 6.04 Å². The molecule has 0 aromatic heterocycles. The average molecular weight is 271 g/mol. The average Bonchev–Trinajstić information content (AvgIpc) is 2.76. The highest BCUT2D eigenvalue weighted by atomic mass is 16.4. The van der Waals surface area contributed by atoms with Crippen molar-refractivity contribution in [2.75, 3.05) is 0 Å². The van der Waals surface area contributed by atoms with Gasteiger partial charge in [0, 0.05) is 5.92 Å². The van der Waals surface area contributed by atoms with E-state index in [1.165, 1.54) is 0 Å². The summed E-state index contributed by atoms with van der Waals surface area (Å²) in [6, 6.07) is -0.892. The van der Waals surface area contributed by atoms with Crippen LogP contribution in [0.3, 0.4) is 0 Å². The maximum Gasteiger partial charge on any atom is 0.326 e. The minimum atomic E-state index is -1.05. The van der Waals surface area contributed by atoms with E-state index in [1.807, 2.05) is 13.8 Å². The van der Waals surface area contributed by atoms with Crippen molar-refractivity contribution in [2.45, 2.75) is 45.6 Å². The van der Waals surface area contributed by atoms with Gasteiger partial charge in [0.2, 0.25) is 5.91 Å². The molecular weight excluding hydrogens is 250 g/mol. The molecule has 6 nitrogen and oxygen atoms in total. The van der Waals surface area contributed by atoms with Gasteiger partial charge in [-0.05, 0) is 31.6 Å². The van der Waals surface area contributed by atoms with Gasteiger partial charge in [-0.1, -0.05) is 13.8 Å². The number of carboxylic acids is 2. The number of aliphatic carboxylic acids is 2. The molecule has 0 radical (unpaired) electrons. The van der Waals surface area contributed by atoms with Gasteiger partial charge in [0.25, 0.3) is 0 Å². The largest absolute Gasteiger partial charge is 0.481 e. The van der Waals surface area contributed by atoms with Crippen molar-refractivity contribution >= 4 is 17.8 Å². The van der Waals surface area contributed by atoms with E-state index >= 15 is 0 Å². The van der Waals surface area contributed by atoms with E-state index in [1.54, 1.807) is 0 Å². The fourth-order valence-electron chi connectivity index (χ4n) is 2.43. The molecule has 1 fully saturated rings. The number of hydrogen-bond donors (Lipinski definition) is 3. The quantitative estimate of drug-likeness (QED) is 0.671. The van der Waals surface area contributed by atoms with Crippen LogP contribution in [0.4, 0.5) is 0 Å². The molecule has 6 heteroatoms. The molecule has 19 heavy (non-hydrogen) atoms. The number of carboxylic acid groups (broad SMARTS) is 2. The summed E-state index contributed by atoms with van der Waals surface area (Å²) >= 11 is 0. The number of carbonyl (C=O) groups is 3. The zero-order chi connectivity index (χ0) is 14.6. The third-order valence-corrected chi connectivity index (χ3v) is 3.47. The Kier molecular flexibility index (Phi) is 5.32. The number of carbonyl (C=O) groups excluding carboxylic acids is 1. The first-order chi connectivity index (χ1) is 8.81. The van der Waals surface area contributed by atoms with Crippen molar-refractivity contribution in [3.63, 3.8) is 0 Å². The van der Waals surface area contributed by atoms with Crippen LogP contribution in [0.5, 0.6) is 0 Å². The Hall–Kier alpha value is -1.59. The summed E-state index contributed by atoms with van der Waals surface area (Å²) < 4.78 is 0. The number of amides is 1. The number of hydrogen-bond acceptors (Lipinski definition) is 3. The zero-order valence-electron chi connectivity index (χ0n) is 11.3. The minimum Gasteiger partial charge on any atom is -0.481 e. The summed E-state index contributed by atoms with van der Waals surface area (Å²) in [5, 5.41) is 20.4. The molecule has 0 aromatic rings. The van der Waals surface area contributed by atoms with E-state index in [4.69, 9.17) is 10.2 Å². The van der Waals surface area contributed by atoms with E-state index < -0.39 is 23.9 Å². The van der Waals surface area contributed by atoms with Gasteiger partial charge >= 0.3 is 11.9 Å². The molecule has 3 atom stereocenters. The lowest BCUT2D eigenvalue weighted by atomic mass is 10.0. The van der Waals surface area contributed by atoms with Gasteiger partial charge in [-0.3, -0.25) is 9.59 Å². The van der Waals surface area contributed by atoms with Gasteiger partial charge < -0.3 is 15.5 Å². The Morgan fingerprint density at radius 2 is 1.74 bits per heavy atom. The molecule has 1 rings (SSSR count). The second-order valence-corrected chi connectivity index (χ2v) is 5.57. The van der Waals surface area contributed by atoms with Crippen molar-refractivity contribution in [3.05, 3.63) is 0 Å². The third kappa shape index (κ3) is 4.54. The Bertz CT molecular complexity index is 366. The first-order valence-electron chi connectivity index (χ1n) is 6.57. The Morgan fingerprint density at radius 1 is 1.16 bits per heavy atom. The zero-order valence-corrected chi connectivity index (χ0v) is 11.3. The standard InChI is InChI=1S/C13H21NO5/c1-7(2)5-10(13(18)19)14-11(15)8-3-4-9(6-8)12(16)17/h7-10H,3-6H2,1-2H3,(H,14,15)(H,16,17)(H,18,19). The second kappa shape index (κ2) is 6.54. The third-order valence-electron chi connectivity index (χ3n) is 3.47. The van der Waals surface area contributed by atoms with Crippen LogP contribution in [0.1, 0.15) is 39.5 Å². The van der Waals surface area contributed by atoms with Crippen molar-refractivity contribution in [1.82, 2.24) is 5.32 Å². The number of rotatable bonds is 6. The fraction of sp³-hybridized carbons (Fsp3) is 0.769. The lowest BCUT2D eigenvalue weighted by Gasteiger charge is -2.18. The number of nitrogens with one attached hydrogen (secondary N) is 1. The lowest BCUT2D eigenvalue weighted by molar-refractivity contribution is -0.143. The molecule has 108 valence electrons. The molecule has 0 bridgehead atoms. The van der Waals surface area contributed by atoms with Gasteiger partial charge in [-0.25, -0.2) is 4.79 Å². The Balaban J connectivity index is 2.54. The normalized spacial score (nSPS) is 24.2. The minimum absolute atomic E-state index is 0.164. The molecular formula is C13H21NO5. The smallest absolute Gasteiger partial charge is 0.326 e. The summed E-state index contributed by atoms with van der Waals surface area (Å²) in [7, 11) is 0. The molecule has 3 N–H and O–H groups in total. The summed E-state index contributed by atoms with van der Waals surface area (Å²) in [4.78, 5) is 33.8. The molecule has 0 aromatic carbocycles. The Morgan fingerprint density at radius 3 is 2.16 bits per heavy atom. The second-order valence-electron chi connectivity index (χ2n) is 5.57. The molecule has 0 spiro atoms. The van der Waals surface area contributed by atoms with Crippen molar-refractivity contribution in [1.29, 1.82) is 0 Å². The van der Waals surface area contributed by atoms with E-state index in [0.717, 1.165) is 0 Å². The van der Waals surface area contributed by atoms with Gasteiger partial charge in [-0.15, -0.1) is 0 Å². The molecule has 1 amide bonds. The molecule has 0 aliphatic heterocycles. The van der Waals surface area contributed by atoms with Gasteiger partial charge in [0.05, 0.1) is 5.92 Å². The molecule has 1 aliphatic carbocycles. The SMILES string of the molecule is CC(C)CC(NC(=O)C1CCC(C(=O)O)C1)C(=O)O. The highest BCUT2D eigenvalue weighted by molar-refractivity contribution is 5.85. The highest BCUT2D eigenvalue weighted by Gasteiger charge is 2.35. The molecule has 1 saturated carbocycles. The van der Waals surface area contributed by atoms with Gasteiger partial charge in [-0.2, -0.15) is 0 Å². The molecule has 0 saturated heterocycles. The fourth-order valence-corrected chi connectivity index (χ4v) is 2.43. The summed E-state index contributed by atoms with van der Waals surface area (Å²) in [5.41, 5.74) is 0. The van der Waals surface area contributed by atoms with Crippen LogP contribution in [-0.4, -0.2) is 34.1 Å². The van der Waals surface area contributed by atoms with Crippen LogP contribution in [0.15, 0.2) is 0 Å². The van der Waals surface area contributed by atoms with Gasteiger partial charge in [0.15, 0.2) is 0 Å². The van der Waals surface area contributed by atoms with Crippen LogP contribution < -0.4 is 5.32 Å². The van der Waals surface area contributed by atoms with Crippen LogP contribution in [0.25, 0.3) is 0 Å². The van der Waals surface area contributed by atoms with E-state index in [0.29, 0.717) is 25.7 Å². The topological polar surface area (TPSA) is 104 Å².